The van der Waals surface area contributed by atoms with Crippen LogP contribution in [-0.2, 0) is 0 Å². The van der Waals surface area contributed by atoms with Gasteiger partial charge in [-0.1, -0.05) is 67.2 Å². The summed E-state index contributed by atoms with van der Waals surface area (Å²) in [5, 5.41) is 0. The van der Waals surface area contributed by atoms with Gasteiger partial charge in [-0.2, -0.15) is 0 Å². The predicted molar refractivity (Wildman–Crippen MR) is 71.1 cm³/mol. The van der Waals surface area contributed by atoms with Crippen molar-refractivity contribution >= 4 is 0 Å². The Morgan fingerprint density at radius 1 is 0.800 bits per heavy atom. The molecule has 0 N–H and O–H groups in total. The third-order valence-electron chi connectivity index (χ3n) is 3.87. The van der Waals surface area contributed by atoms with Crippen molar-refractivity contribution in [3.05, 3.63) is 0 Å². The standard InChI is InChI=1S/C15H32/c1-7-13(4)9-8-10-14(5)15(6)11-12(2)3/h12-15H,7-11H2,1-6H3. The van der Waals surface area contributed by atoms with Crippen LogP contribution in [0.4, 0.5) is 0 Å². The summed E-state index contributed by atoms with van der Waals surface area (Å²) in [5.74, 6) is 3.60. The lowest BCUT2D eigenvalue weighted by Crippen LogP contribution is -2.11. The Morgan fingerprint density at radius 3 is 1.87 bits per heavy atom. The summed E-state index contributed by atoms with van der Waals surface area (Å²) < 4.78 is 0. The largest absolute Gasteiger partial charge is 0.0651 e. The van der Waals surface area contributed by atoms with E-state index in [1.54, 1.807) is 0 Å². The summed E-state index contributed by atoms with van der Waals surface area (Å²) >= 11 is 0. The molecule has 0 aliphatic rings. The van der Waals surface area contributed by atoms with Crippen molar-refractivity contribution in [2.45, 2.75) is 73.6 Å². The first-order chi connectivity index (χ1) is 6.97. The van der Waals surface area contributed by atoms with Crippen LogP contribution < -0.4 is 0 Å². The van der Waals surface area contributed by atoms with Crippen molar-refractivity contribution in [3.8, 4) is 0 Å². The Bertz CT molecular complexity index is 137. The van der Waals surface area contributed by atoms with Gasteiger partial charge in [-0.25, -0.2) is 0 Å². The van der Waals surface area contributed by atoms with Crippen LogP contribution in [0.1, 0.15) is 73.6 Å². The second kappa shape index (κ2) is 8.19. The molecule has 15 heavy (non-hydrogen) atoms. The molecular weight excluding hydrogens is 180 g/mol. The quantitative estimate of drug-likeness (QED) is 0.497. The summed E-state index contributed by atoms with van der Waals surface area (Å²) in [6, 6.07) is 0. The normalized spacial score (nSPS) is 17.8. The maximum absolute atomic E-state index is 2.43. The van der Waals surface area contributed by atoms with E-state index in [2.05, 4.69) is 41.5 Å². The molecule has 0 radical (unpaired) electrons. The molecule has 0 saturated heterocycles. The van der Waals surface area contributed by atoms with Crippen LogP contribution in [0.25, 0.3) is 0 Å². The summed E-state index contributed by atoms with van der Waals surface area (Å²) in [5.41, 5.74) is 0. The fourth-order valence-corrected chi connectivity index (χ4v) is 2.25. The van der Waals surface area contributed by atoms with Gasteiger partial charge < -0.3 is 0 Å². The molecule has 0 fully saturated rings. The van der Waals surface area contributed by atoms with Gasteiger partial charge in [0.15, 0.2) is 0 Å². The molecule has 92 valence electrons. The molecule has 0 heteroatoms. The second-order valence-electron chi connectivity index (χ2n) is 6.03. The highest BCUT2D eigenvalue weighted by Gasteiger charge is 2.13. The highest BCUT2D eigenvalue weighted by Crippen LogP contribution is 2.25. The fourth-order valence-electron chi connectivity index (χ4n) is 2.25. The third kappa shape index (κ3) is 7.88. The lowest BCUT2D eigenvalue weighted by atomic mass is 9.84. The van der Waals surface area contributed by atoms with E-state index in [1.165, 1.54) is 32.1 Å². The predicted octanol–water partition coefficient (Wildman–Crippen LogP) is 5.52. The van der Waals surface area contributed by atoms with E-state index >= 15 is 0 Å². The van der Waals surface area contributed by atoms with Crippen molar-refractivity contribution in [1.82, 2.24) is 0 Å². The molecule has 0 amide bonds. The van der Waals surface area contributed by atoms with Crippen molar-refractivity contribution in [3.63, 3.8) is 0 Å². The molecule has 0 aliphatic carbocycles. The van der Waals surface area contributed by atoms with Crippen molar-refractivity contribution in [2.75, 3.05) is 0 Å². The minimum absolute atomic E-state index is 0.858. The van der Waals surface area contributed by atoms with Crippen LogP contribution >= 0.6 is 0 Å². The molecule has 0 aromatic heterocycles. The molecular formula is C15H32. The minimum Gasteiger partial charge on any atom is -0.0651 e. The molecule has 0 aromatic carbocycles. The van der Waals surface area contributed by atoms with E-state index in [0.717, 1.165) is 23.7 Å². The van der Waals surface area contributed by atoms with Gasteiger partial charge in [0.2, 0.25) is 0 Å². The van der Waals surface area contributed by atoms with E-state index in [0.29, 0.717) is 0 Å². The van der Waals surface area contributed by atoms with Crippen LogP contribution in [0, 0.1) is 23.7 Å². The van der Waals surface area contributed by atoms with Gasteiger partial charge >= 0.3 is 0 Å². The zero-order chi connectivity index (χ0) is 11.8. The molecule has 0 nitrogen and oxygen atoms in total. The molecule has 0 spiro atoms. The second-order valence-corrected chi connectivity index (χ2v) is 6.03. The van der Waals surface area contributed by atoms with Gasteiger partial charge in [-0.05, 0) is 30.1 Å². The van der Waals surface area contributed by atoms with Crippen molar-refractivity contribution in [1.29, 1.82) is 0 Å². The first-order valence-electron chi connectivity index (χ1n) is 6.97. The average molecular weight is 212 g/mol. The van der Waals surface area contributed by atoms with E-state index < -0.39 is 0 Å². The topological polar surface area (TPSA) is 0 Å². The molecule has 0 heterocycles. The van der Waals surface area contributed by atoms with Gasteiger partial charge in [0.05, 0.1) is 0 Å². The van der Waals surface area contributed by atoms with E-state index in [1.807, 2.05) is 0 Å². The molecule has 0 saturated carbocycles. The highest BCUT2D eigenvalue weighted by molar-refractivity contribution is 4.64. The van der Waals surface area contributed by atoms with Gasteiger partial charge in [0, 0.05) is 0 Å². The maximum Gasteiger partial charge on any atom is -0.0415 e. The molecule has 3 atom stereocenters. The number of hydrogen-bond acceptors (Lipinski definition) is 0. The lowest BCUT2D eigenvalue weighted by Gasteiger charge is -2.22. The zero-order valence-electron chi connectivity index (χ0n) is 11.8. The Balaban J connectivity index is 3.59. The zero-order valence-corrected chi connectivity index (χ0v) is 11.8. The molecule has 0 aromatic rings. The Morgan fingerprint density at radius 2 is 1.40 bits per heavy atom. The van der Waals surface area contributed by atoms with Crippen LogP contribution in [-0.4, -0.2) is 0 Å². The maximum atomic E-state index is 2.43. The van der Waals surface area contributed by atoms with Crippen LogP contribution in [0.5, 0.6) is 0 Å². The van der Waals surface area contributed by atoms with Crippen molar-refractivity contribution < 1.29 is 0 Å². The third-order valence-corrected chi connectivity index (χ3v) is 3.87. The summed E-state index contributed by atoms with van der Waals surface area (Å²) in [6.07, 6.45) is 7.02. The van der Waals surface area contributed by atoms with Crippen molar-refractivity contribution in [2.24, 2.45) is 23.7 Å². The summed E-state index contributed by atoms with van der Waals surface area (Å²) in [7, 11) is 0. The number of hydrogen-bond donors (Lipinski definition) is 0. The van der Waals surface area contributed by atoms with E-state index in [-0.39, 0.29) is 0 Å². The van der Waals surface area contributed by atoms with Crippen LogP contribution in [0.15, 0.2) is 0 Å². The van der Waals surface area contributed by atoms with Gasteiger partial charge in [0.25, 0.3) is 0 Å². The number of rotatable bonds is 8. The Labute approximate surface area is 97.8 Å². The fraction of sp³-hybridized carbons (Fsp3) is 1.00. The molecule has 0 bridgehead atoms. The Hall–Kier alpha value is 0. The summed E-state index contributed by atoms with van der Waals surface area (Å²) in [4.78, 5) is 0. The van der Waals surface area contributed by atoms with Gasteiger partial charge in [-0.15, -0.1) is 0 Å². The Kier molecular flexibility index (Phi) is 8.19. The SMILES string of the molecule is CCC(C)CCCC(C)C(C)CC(C)C. The molecule has 0 aliphatic heterocycles. The first-order valence-corrected chi connectivity index (χ1v) is 6.97. The van der Waals surface area contributed by atoms with Gasteiger partial charge in [-0.3, -0.25) is 0 Å². The molecule has 3 unspecified atom stereocenters. The smallest absolute Gasteiger partial charge is 0.0415 e. The van der Waals surface area contributed by atoms with E-state index in [4.69, 9.17) is 0 Å². The van der Waals surface area contributed by atoms with E-state index in [9.17, 15) is 0 Å². The lowest BCUT2D eigenvalue weighted by molar-refractivity contribution is 0.295. The molecule has 0 rings (SSSR count). The highest BCUT2D eigenvalue weighted by atomic mass is 14.2. The van der Waals surface area contributed by atoms with Gasteiger partial charge in [0.1, 0.15) is 0 Å². The van der Waals surface area contributed by atoms with Crippen LogP contribution in [0.2, 0.25) is 0 Å². The average Bonchev–Trinajstić information content (AvgIpc) is 2.16. The minimum atomic E-state index is 0.858. The monoisotopic (exact) mass is 212 g/mol. The summed E-state index contributed by atoms with van der Waals surface area (Å²) in [6.45, 7) is 14.2. The van der Waals surface area contributed by atoms with Crippen LogP contribution in [0.3, 0.4) is 0 Å². The first kappa shape index (κ1) is 15.0.